The van der Waals surface area contributed by atoms with Gasteiger partial charge in [0.1, 0.15) is 5.75 Å². The van der Waals surface area contributed by atoms with Crippen LogP contribution in [0.4, 0.5) is 0 Å². The van der Waals surface area contributed by atoms with Crippen LogP contribution in [0.15, 0.2) is 12.1 Å². The summed E-state index contributed by atoms with van der Waals surface area (Å²) in [6.07, 6.45) is 2.27. The van der Waals surface area contributed by atoms with E-state index >= 15 is 0 Å². The van der Waals surface area contributed by atoms with Crippen molar-refractivity contribution in [3.05, 3.63) is 28.8 Å². The number of aryl methyl sites for hydroxylation is 2. The average molecular weight is 329 g/mol. The van der Waals surface area contributed by atoms with Crippen molar-refractivity contribution >= 4 is 11.9 Å². The van der Waals surface area contributed by atoms with Gasteiger partial charge in [-0.15, -0.1) is 0 Å². The maximum Gasteiger partial charge on any atom is 0.308 e. The maximum absolute atomic E-state index is 12.9. The Balaban J connectivity index is 1.48. The van der Waals surface area contributed by atoms with E-state index in [1.807, 2.05) is 13.0 Å². The molecule has 3 atom stereocenters. The molecule has 1 unspecified atom stereocenters. The van der Waals surface area contributed by atoms with Crippen LogP contribution in [0, 0.1) is 31.6 Å². The smallest absolute Gasteiger partial charge is 0.308 e. The lowest BCUT2D eigenvalue weighted by molar-refractivity contribution is -0.143. The first-order chi connectivity index (χ1) is 11.4. The van der Waals surface area contributed by atoms with Crippen molar-refractivity contribution in [2.24, 2.45) is 17.8 Å². The molecule has 2 heterocycles. The number of aliphatic carboxylic acids is 1. The molecule has 5 nitrogen and oxygen atoms in total. The number of rotatable bonds is 3. The predicted molar refractivity (Wildman–Crippen MR) is 88.0 cm³/mol. The highest BCUT2D eigenvalue weighted by molar-refractivity contribution is 5.84. The molecule has 1 aromatic carbocycles. The third kappa shape index (κ3) is 2.56. The van der Waals surface area contributed by atoms with Gasteiger partial charge in [-0.05, 0) is 61.3 Å². The van der Waals surface area contributed by atoms with E-state index in [1.54, 1.807) is 4.90 Å². The Kier molecular flexibility index (Phi) is 3.55. The van der Waals surface area contributed by atoms with Crippen molar-refractivity contribution in [3.8, 4) is 5.75 Å². The third-order valence-electron chi connectivity index (χ3n) is 5.85. The van der Waals surface area contributed by atoms with Crippen LogP contribution in [0.1, 0.15) is 29.5 Å². The van der Waals surface area contributed by atoms with Crippen LogP contribution in [0.5, 0.6) is 5.75 Å². The summed E-state index contributed by atoms with van der Waals surface area (Å²) < 4.78 is 5.89. The number of fused-ring (bicyclic) bond motifs is 1. The van der Waals surface area contributed by atoms with Gasteiger partial charge in [-0.2, -0.15) is 0 Å². The predicted octanol–water partition coefficient (Wildman–Crippen LogP) is 2.18. The van der Waals surface area contributed by atoms with Crippen LogP contribution in [-0.2, 0) is 16.0 Å². The highest BCUT2D eigenvalue weighted by Gasteiger charge is 2.48. The SMILES string of the molecule is Cc1cc2c(cc1C)OC(C(=O)N1C[C@H](C(=O)O)[C@@H](C3CC3)C1)C2. The van der Waals surface area contributed by atoms with Crippen molar-refractivity contribution in [2.75, 3.05) is 13.1 Å². The Morgan fingerprint density at radius 3 is 2.54 bits per heavy atom. The fourth-order valence-electron chi connectivity index (χ4n) is 4.13. The number of benzene rings is 1. The lowest BCUT2D eigenvalue weighted by Crippen LogP contribution is -2.40. The number of ether oxygens (including phenoxy) is 1. The lowest BCUT2D eigenvalue weighted by Gasteiger charge is -2.20. The largest absolute Gasteiger partial charge is 0.481 e. The van der Waals surface area contributed by atoms with E-state index in [4.69, 9.17) is 4.74 Å². The first-order valence-electron chi connectivity index (χ1n) is 8.72. The topological polar surface area (TPSA) is 66.8 Å². The van der Waals surface area contributed by atoms with Crippen molar-refractivity contribution in [1.82, 2.24) is 4.90 Å². The van der Waals surface area contributed by atoms with Gasteiger partial charge in [-0.25, -0.2) is 0 Å². The second-order valence-electron chi connectivity index (χ2n) is 7.54. The van der Waals surface area contributed by atoms with Gasteiger partial charge >= 0.3 is 5.97 Å². The zero-order valence-corrected chi connectivity index (χ0v) is 14.1. The van der Waals surface area contributed by atoms with Crippen molar-refractivity contribution in [2.45, 2.75) is 39.2 Å². The Morgan fingerprint density at radius 2 is 1.88 bits per heavy atom. The van der Waals surface area contributed by atoms with Crippen molar-refractivity contribution in [3.63, 3.8) is 0 Å². The van der Waals surface area contributed by atoms with Crippen molar-refractivity contribution in [1.29, 1.82) is 0 Å². The van der Waals surface area contributed by atoms with Crippen LogP contribution in [-0.4, -0.2) is 41.1 Å². The minimum absolute atomic E-state index is 0.0593. The normalized spacial score (nSPS) is 28.6. The molecule has 4 rings (SSSR count). The number of hydrogen-bond acceptors (Lipinski definition) is 3. The Morgan fingerprint density at radius 1 is 1.17 bits per heavy atom. The van der Waals surface area contributed by atoms with Gasteiger partial charge in [-0.3, -0.25) is 9.59 Å². The molecule has 24 heavy (non-hydrogen) atoms. The van der Waals surface area contributed by atoms with E-state index in [-0.39, 0.29) is 11.8 Å². The molecule has 0 radical (unpaired) electrons. The van der Waals surface area contributed by atoms with Gasteiger partial charge in [0.25, 0.3) is 5.91 Å². The second kappa shape index (κ2) is 5.50. The van der Waals surface area contributed by atoms with Crippen LogP contribution in [0.2, 0.25) is 0 Å². The minimum Gasteiger partial charge on any atom is -0.481 e. The lowest BCUT2D eigenvalue weighted by atomic mass is 9.92. The molecule has 0 spiro atoms. The number of carboxylic acid groups (broad SMARTS) is 1. The molecule has 0 aromatic heterocycles. The summed E-state index contributed by atoms with van der Waals surface area (Å²) in [5.41, 5.74) is 3.43. The number of nitrogens with zero attached hydrogens (tertiary/aromatic N) is 1. The van der Waals surface area contributed by atoms with E-state index < -0.39 is 18.0 Å². The molecule has 1 N–H and O–H groups in total. The van der Waals surface area contributed by atoms with E-state index in [1.165, 1.54) is 5.56 Å². The van der Waals surface area contributed by atoms with Crippen LogP contribution < -0.4 is 4.74 Å². The van der Waals surface area contributed by atoms with E-state index in [2.05, 4.69) is 13.0 Å². The van der Waals surface area contributed by atoms with E-state index in [0.717, 1.165) is 29.7 Å². The van der Waals surface area contributed by atoms with Gasteiger partial charge in [0, 0.05) is 19.5 Å². The molecule has 0 bridgehead atoms. The molecule has 1 saturated heterocycles. The van der Waals surface area contributed by atoms with Crippen LogP contribution in [0.25, 0.3) is 0 Å². The monoisotopic (exact) mass is 329 g/mol. The molecule has 1 aliphatic carbocycles. The van der Waals surface area contributed by atoms with Gasteiger partial charge in [0.2, 0.25) is 0 Å². The molecular weight excluding hydrogens is 306 g/mol. The molecular formula is C19H23NO4. The Bertz CT molecular complexity index is 679. The summed E-state index contributed by atoms with van der Waals surface area (Å²) in [5.74, 6) is 0.134. The number of carboxylic acids is 1. The summed E-state index contributed by atoms with van der Waals surface area (Å²) >= 11 is 0. The highest BCUT2D eigenvalue weighted by atomic mass is 16.5. The zero-order chi connectivity index (χ0) is 17.0. The van der Waals surface area contributed by atoms with Gasteiger partial charge in [0.05, 0.1) is 5.92 Å². The standard InChI is InChI=1S/C19H23NO4/c1-10-5-13-7-17(24-16(13)6-11(10)2)18(21)20-8-14(12-3-4-12)15(9-20)19(22)23/h5-6,12,14-15,17H,3-4,7-9H2,1-2H3,(H,22,23)/t14-,15+,17?/m1/s1. The van der Waals surface area contributed by atoms with Crippen LogP contribution >= 0.6 is 0 Å². The molecule has 1 aromatic rings. The van der Waals surface area contributed by atoms with Gasteiger partial charge in [-0.1, -0.05) is 6.07 Å². The quantitative estimate of drug-likeness (QED) is 0.923. The maximum atomic E-state index is 12.9. The number of amides is 1. The molecule has 2 fully saturated rings. The first-order valence-corrected chi connectivity index (χ1v) is 8.72. The number of carbonyl (C=O) groups is 2. The van der Waals surface area contributed by atoms with Gasteiger partial charge < -0.3 is 14.7 Å². The summed E-state index contributed by atoms with van der Waals surface area (Å²) in [5, 5.41) is 9.46. The average Bonchev–Trinajstić information content (AvgIpc) is 3.15. The fraction of sp³-hybridized carbons (Fsp3) is 0.579. The van der Waals surface area contributed by atoms with Crippen LogP contribution in [0.3, 0.4) is 0 Å². The number of hydrogen-bond donors (Lipinski definition) is 1. The molecule has 3 aliphatic rings. The Labute approximate surface area is 141 Å². The summed E-state index contributed by atoms with van der Waals surface area (Å²) in [6.45, 7) is 4.98. The highest BCUT2D eigenvalue weighted by Crippen LogP contribution is 2.44. The van der Waals surface area contributed by atoms with Gasteiger partial charge in [0.15, 0.2) is 6.10 Å². The zero-order valence-electron chi connectivity index (χ0n) is 14.1. The number of likely N-dealkylation sites (tertiary alicyclic amines) is 1. The van der Waals surface area contributed by atoms with E-state index in [0.29, 0.717) is 25.4 Å². The molecule has 2 aliphatic heterocycles. The Hall–Kier alpha value is -2.04. The molecule has 5 heteroatoms. The molecule has 1 saturated carbocycles. The molecule has 128 valence electrons. The minimum atomic E-state index is -0.774. The first kappa shape index (κ1) is 15.5. The van der Waals surface area contributed by atoms with E-state index in [9.17, 15) is 14.7 Å². The summed E-state index contributed by atoms with van der Waals surface area (Å²) in [6, 6.07) is 4.09. The second-order valence-corrected chi connectivity index (χ2v) is 7.54. The number of carbonyl (C=O) groups excluding carboxylic acids is 1. The summed E-state index contributed by atoms with van der Waals surface area (Å²) in [7, 11) is 0. The molecule has 1 amide bonds. The fourth-order valence-corrected chi connectivity index (χ4v) is 4.13. The summed E-state index contributed by atoms with van der Waals surface area (Å²) in [4.78, 5) is 26.1. The third-order valence-corrected chi connectivity index (χ3v) is 5.85. The van der Waals surface area contributed by atoms with Crippen molar-refractivity contribution < 1.29 is 19.4 Å².